The number of primary amides is 1. The van der Waals surface area contributed by atoms with Crippen LogP contribution < -0.4 is 20.5 Å². The number of likely N-dealkylation sites (tertiary alicyclic amines) is 1. The van der Waals surface area contributed by atoms with Gasteiger partial charge in [-0.3, -0.25) is 14.5 Å². The number of nitrogens with zero attached hydrogens (tertiary/aromatic N) is 1. The van der Waals surface area contributed by atoms with Crippen LogP contribution in [0.3, 0.4) is 0 Å². The van der Waals surface area contributed by atoms with E-state index in [1.54, 1.807) is 0 Å². The third-order valence-electron chi connectivity index (χ3n) is 4.38. The maximum Gasteiger partial charge on any atom is 0.234 e. The summed E-state index contributed by atoms with van der Waals surface area (Å²) >= 11 is 0. The summed E-state index contributed by atoms with van der Waals surface area (Å²) in [6.07, 6.45) is 1.46. The minimum absolute atomic E-state index is 0.0299. The number of nitrogens with two attached hydrogens (primary N) is 1. The molecule has 2 aliphatic rings. The summed E-state index contributed by atoms with van der Waals surface area (Å²) in [5, 5.41) is 2.91. The molecular formula is C17H23N3O4. The smallest absolute Gasteiger partial charge is 0.234 e. The van der Waals surface area contributed by atoms with Gasteiger partial charge in [0.2, 0.25) is 11.8 Å². The summed E-state index contributed by atoms with van der Waals surface area (Å²) in [6, 6.07) is 5.84. The van der Waals surface area contributed by atoms with Crippen LogP contribution in [0, 0.1) is 5.92 Å². The number of amides is 2. The number of benzene rings is 1. The van der Waals surface area contributed by atoms with E-state index in [4.69, 9.17) is 15.2 Å². The average Bonchev–Trinajstić information content (AvgIpc) is 3.03. The third kappa shape index (κ3) is 4.17. The highest BCUT2D eigenvalue weighted by Crippen LogP contribution is 2.30. The van der Waals surface area contributed by atoms with Gasteiger partial charge in [0.05, 0.1) is 12.5 Å². The molecule has 1 saturated heterocycles. The van der Waals surface area contributed by atoms with Crippen molar-refractivity contribution >= 4 is 11.8 Å². The first kappa shape index (κ1) is 16.6. The van der Waals surface area contributed by atoms with Crippen LogP contribution in [0.5, 0.6) is 11.5 Å². The number of carbonyl (C=O) groups excluding carboxylic acids is 2. The molecule has 0 bridgehead atoms. The second-order valence-corrected chi connectivity index (χ2v) is 6.20. The lowest BCUT2D eigenvalue weighted by atomic mass is 10.1. The van der Waals surface area contributed by atoms with Crippen molar-refractivity contribution in [2.75, 3.05) is 39.4 Å². The summed E-state index contributed by atoms with van der Waals surface area (Å²) in [6.45, 7) is 3.33. The fourth-order valence-electron chi connectivity index (χ4n) is 3.06. The Morgan fingerprint density at radius 2 is 2.04 bits per heavy atom. The molecule has 0 aromatic heterocycles. The van der Waals surface area contributed by atoms with Crippen molar-refractivity contribution in [3.8, 4) is 11.5 Å². The van der Waals surface area contributed by atoms with Crippen LogP contribution >= 0.6 is 0 Å². The van der Waals surface area contributed by atoms with Crippen LogP contribution in [0.15, 0.2) is 18.2 Å². The van der Waals surface area contributed by atoms with Gasteiger partial charge in [0, 0.05) is 13.1 Å². The molecule has 0 spiro atoms. The van der Waals surface area contributed by atoms with Gasteiger partial charge >= 0.3 is 0 Å². The van der Waals surface area contributed by atoms with E-state index in [1.807, 2.05) is 23.1 Å². The van der Waals surface area contributed by atoms with Gasteiger partial charge in [0.15, 0.2) is 11.5 Å². The number of carbonyl (C=O) groups is 2. The van der Waals surface area contributed by atoms with Crippen molar-refractivity contribution in [1.82, 2.24) is 10.2 Å². The van der Waals surface area contributed by atoms with Gasteiger partial charge in [0.25, 0.3) is 0 Å². The Hall–Kier alpha value is -2.28. The van der Waals surface area contributed by atoms with E-state index in [2.05, 4.69) is 5.32 Å². The normalized spacial score (nSPS) is 19.9. The van der Waals surface area contributed by atoms with E-state index in [-0.39, 0.29) is 17.7 Å². The molecule has 3 rings (SSSR count). The third-order valence-corrected chi connectivity index (χ3v) is 4.38. The highest BCUT2D eigenvalue weighted by Gasteiger charge is 2.27. The number of ether oxygens (including phenoxy) is 2. The number of nitrogens with one attached hydrogen (secondary N) is 1. The predicted octanol–water partition coefficient (Wildman–Crippen LogP) is -0.0763. The Morgan fingerprint density at radius 1 is 1.25 bits per heavy atom. The summed E-state index contributed by atoms with van der Waals surface area (Å²) < 4.78 is 11.0. The van der Waals surface area contributed by atoms with Crippen LogP contribution in [0.4, 0.5) is 0 Å². The fourth-order valence-corrected chi connectivity index (χ4v) is 3.06. The van der Waals surface area contributed by atoms with Crippen molar-refractivity contribution in [2.45, 2.75) is 12.8 Å². The number of fused-ring (bicyclic) bond motifs is 1. The first-order valence-electron chi connectivity index (χ1n) is 8.29. The van der Waals surface area contributed by atoms with Crippen LogP contribution in [0.2, 0.25) is 0 Å². The minimum Gasteiger partial charge on any atom is -0.486 e. The quantitative estimate of drug-likeness (QED) is 0.760. The molecule has 1 aromatic rings. The van der Waals surface area contributed by atoms with E-state index in [9.17, 15) is 9.59 Å². The zero-order chi connectivity index (χ0) is 16.9. The summed E-state index contributed by atoms with van der Waals surface area (Å²) in [5.74, 6) is 1.09. The number of rotatable bonds is 6. The Morgan fingerprint density at radius 3 is 2.79 bits per heavy atom. The Labute approximate surface area is 141 Å². The second kappa shape index (κ2) is 7.53. The molecule has 2 amide bonds. The van der Waals surface area contributed by atoms with Gasteiger partial charge in [-0.1, -0.05) is 6.07 Å². The Kier molecular flexibility index (Phi) is 5.20. The zero-order valence-electron chi connectivity index (χ0n) is 13.6. The molecule has 0 aliphatic carbocycles. The first-order chi connectivity index (χ1) is 11.6. The van der Waals surface area contributed by atoms with E-state index in [1.165, 1.54) is 0 Å². The van der Waals surface area contributed by atoms with E-state index >= 15 is 0 Å². The highest BCUT2D eigenvalue weighted by atomic mass is 16.6. The standard InChI is InChI=1S/C17H23N3O4/c18-17(22)13-4-6-20(10-13)11-16(21)19-5-3-12-1-2-14-15(9-12)24-8-7-23-14/h1-2,9,13H,3-8,10-11H2,(H2,18,22)(H,19,21)/t13-/m0/s1. The molecule has 2 heterocycles. The number of hydrogen-bond acceptors (Lipinski definition) is 5. The maximum atomic E-state index is 12.0. The molecule has 24 heavy (non-hydrogen) atoms. The molecule has 1 fully saturated rings. The largest absolute Gasteiger partial charge is 0.486 e. The van der Waals surface area contributed by atoms with Crippen LogP contribution in [0.25, 0.3) is 0 Å². The van der Waals surface area contributed by atoms with E-state index in [0.29, 0.717) is 32.8 Å². The first-order valence-corrected chi connectivity index (χ1v) is 8.29. The molecule has 7 heteroatoms. The maximum absolute atomic E-state index is 12.0. The number of hydrogen-bond donors (Lipinski definition) is 2. The van der Waals surface area contributed by atoms with Crippen molar-refractivity contribution < 1.29 is 19.1 Å². The van der Waals surface area contributed by atoms with Crippen molar-refractivity contribution in [1.29, 1.82) is 0 Å². The monoisotopic (exact) mass is 333 g/mol. The summed E-state index contributed by atoms with van der Waals surface area (Å²) in [5.41, 5.74) is 6.39. The van der Waals surface area contributed by atoms with E-state index < -0.39 is 0 Å². The Bertz CT molecular complexity index is 620. The lowest BCUT2D eigenvalue weighted by molar-refractivity contribution is -0.123. The van der Waals surface area contributed by atoms with Gasteiger partial charge in [-0.05, 0) is 37.1 Å². The highest BCUT2D eigenvalue weighted by molar-refractivity contribution is 5.79. The van der Waals surface area contributed by atoms with Crippen LogP contribution in [-0.2, 0) is 16.0 Å². The lowest BCUT2D eigenvalue weighted by Crippen LogP contribution is -2.37. The van der Waals surface area contributed by atoms with E-state index in [0.717, 1.165) is 36.4 Å². The summed E-state index contributed by atoms with van der Waals surface area (Å²) in [4.78, 5) is 25.1. The van der Waals surface area contributed by atoms with Crippen LogP contribution in [0.1, 0.15) is 12.0 Å². The van der Waals surface area contributed by atoms with Crippen molar-refractivity contribution in [3.63, 3.8) is 0 Å². The molecule has 3 N–H and O–H groups in total. The van der Waals surface area contributed by atoms with Gasteiger partial charge < -0.3 is 20.5 Å². The van der Waals surface area contributed by atoms with Crippen molar-refractivity contribution in [3.05, 3.63) is 23.8 Å². The molecule has 0 saturated carbocycles. The van der Waals surface area contributed by atoms with Gasteiger partial charge in [-0.2, -0.15) is 0 Å². The fraction of sp³-hybridized carbons (Fsp3) is 0.529. The second-order valence-electron chi connectivity index (χ2n) is 6.20. The minimum atomic E-state index is -0.281. The molecular weight excluding hydrogens is 310 g/mol. The average molecular weight is 333 g/mol. The summed E-state index contributed by atoms with van der Waals surface area (Å²) in [7, 11) is 0. The molecule has 1 atom stereocenters. The predicted molar refractivity (Wildman–Crippen MR) is 87.9 cm³/mol. The molecule has 2 aliphatic heterocycles. The molecule has 0 radical (unpaired) electrons. The molecule has 7 nitrogen and oxygen atoms in total. The molecule has 1 aromatic carbocycles. The molecule has 130 valence electrons. The lowest BCUT2D eigenvalue weighted by Gasteiger charge is -2.19. The van der Waals surface area contributed by atoms with Gasteiger partial charge in [-0.15, -0.1) is 0 Å². The van der Waals surface area contributed by atoms with Crippen LogP contribution in [-0.4, -0.2) is 56.1 Å². The molecule has 0 unspecified atom stereocenters. The SMILES string of the molecule is NC(=O)[C@H]1CCN(CC(=O)NCCc2ccc3c(c2)OCCO3)C1. The van der Waals surface area contributed by atoms with Gasteiger partial charge in [-0.25, -0.2) is 0 Å². The van der Waals surface area contributed by atoms with Crippen molar-refractivity contribution in [2.24, 2.45) is 11.7 Å². The Balaban J connectivity index is 1.40. The zero-order valence-corrected chi connectivity index (χ0v) is 13.6. The topological polar surface area (TPSA) is 93.9 Å². The van der Waals surface area contributed by atoms with Gasteiger partial charge in [0.1, 0.15) is 13.2 Å².